The summed E-state index contributed by atoms with van der Waals surface area (Å²) in [4.78, 5) is 22.3. The van der Waals surface area contributed by atoms with Gasteiger partial charge in [-0.3, -0.25) is 9.59 Å². The molecular formula is C10H16NO7S. The quantitative estimate of drug-likeness (QED) is 0.222. The molecule has 1 rings (SSSR count). The predicted octanol–water partition coefficient (Wildman–Crippen LogP) is -2.43. The molecule has 1 fully saturated rings. The third kappa shape index (κ3) is 3.80. The van der Waals surface area contributed by atoms with Crippen LogP contribution in [-0.2, 0) is 19.1 Å². The molecule has 4 N–H and O–H groups in total. The highest BCUT2D eigenvalue weighted by molar-refractivity contribution is 7.81. The molecule has 0 aliphatic carbocycles. The summed E-state index contributed by atoms with van der Waals surface area (Å²) >= 11 is 3.70. The Morgan fingerprint density at radius 3 is 2.68 bits per heavy atom. The second kappa shape index (κ2) is 6.53. The fraction of sp³-hybridized carbons (Fsp3) is 0.700. The lowest BCUT2D eigenvalue weighted by Gasteiger charge is -2.43. The number of rotatable bonds is 4. The van der Waals surface area contributed by atoms with Crippen molar-refractivity contribution in [3.63, 3.8) is 0 Å². The van der Waals surface area contributed by atoms with E-state index in [9.17, 15) is 19.8 Å². The summed E-state index contributed by atoms with van der Waals surface area (Å²) in [6, 6.07) is 0. The molecule has 1 aliphatic rings. The van der Waals surface area contributed by atoms with Crippen molar-refractivity contribution in [2.24, 2.45) is 0 Å². The summed E-state index contributed by atoms with van der Waals surface area (Å²) in [5.41, 5.74) is -2.18. The Morgan fingerprint density at radius 2 is 2.21 bits per heavy atom. The molecule has 4 atom stereocenters. The molecule has 0 unspecified atom stereocenters. The number of thiol groups is 1. The Kier molecular flexibility index (Phi) is 5.56. The van der Waals surface area contributed by atoms with Gasteiger partial charge in [0.2, 0.25) is 11.6 Å². The van der Waals surface area contributed by atoms with Gasteiger partial charge in [0.05, 0.1) is 12.4 Å². The predicted molar refractivity (Wildman–Crippen MR) is 64.8 cm³/mol. The van der Waals surface area contributed by atoms with Gasteiger partial charge in [0.25, 0.3) is 0 Å². The molecule has 0 bridgehead atoms. The summed E-state index contributed by atoms with van der Waals surface area (Å²) in [5.74, 6) is -1.70. The van der Waals surface area contributed by atoms with Crippen LogP contribution in [0.1, 0.15) is 6.92 Å². The molecule has 1 aliphatic heterocycles. The molecule has 0 saturated carbocycles. The number of hydrogen-bond donors (Lipinski definition) is 5. The number of amides is 1. The average molecular weight is 294 g/mol. The molecule has 109 valence electrons. The summed E-state index contributed by atoms with van der Waals surface area (Å²) < 4.78 is 9.75. The van der Waals surface area contributed by atoms with E-state index in [-0.39, 0.29) is 5.75 Å². The van der Waals surface area contributed by atoms with E-state index in [0.29, 0.717) is 0 Å². The van der Waals surface area contributed by atoms with Crippen LogP contribution in [0.5, 0.6) is 0 Å². The Bertz CT molecular complexity index is 353. The number of nitrogens with one attached hydrogen (secondary N) is 1. The van der Waals surface area contributed by atoms with Crippen LogP contribution in [0.15, 0.2) is 0 Å². The summed E-state index contributed by atoms with van der Waals surface area (Å²) in [6.45, 7) is 1.38. The maximum atomic E-state index is 11.2. The minimum Gasteiger partial charge on any atom is -0.454 e. The maximum absolute atomic E-state index is 11.2. The first-order valence-corrected chi connectivity index (χ1v) is 6.07. The Hall–Kier alpha value is -0.870. The lowest BCUT2D eigenvalue weighted by atomic mass is 9.94. The van der Waals surface area contributed by atoms with Crippen molar-refractivity contribution in [2.45, 2.75) is 31.0 Å². The van der Waals surface area contributed by atoms with Crippen molar-refractivity contribution in [2.75, 3.05) is 12.4 Å². The number of carbonyl (C=O) groups is 2. The van der Waals surface area contributed by atoms with Gasteiger partial charge in [0.1, 0.15) is 18.8 Å². The highest BCUT2D eigenvalue weighted by Crippen LogP contribution is 2.28. The number of aliphatic hydroxyl groups is 3. The van der Waals surface area contributed by atoms with Crippen LogP contribution >= 0.6 is 12.6 Å². The van der Waals surface area contributed by atoms with E-state index in [1.807, 2.05) is 0 Å². The van der Waals surface area contributed by atoms with Crippen molar-refractivity contribution in [1.29, 1.82) is 0 Å². The van der Waals surface area contributed by atoms with Gasteiger partial charge >= 0.3 is 5.97 Å². The Labute approximate surface area is 115 Å². The van der Waals surface area contributed by atoms with Crippen LogP contribution in [0.2, 0.25) is 0 Å². The van der Waals surface area contributed by atoms with Crippen molar-refractivity contribution >= 4 is 24.5 Å². The van der Waals surface area contributed by atoms with Gasteiger partial charge in [-0.2, -0.15) is 12.6 Å². The van der Waals surface area contributed by atoms with E-state index in [0.717, 1.165) is 13.5 Å². The first-order chi connectivity index (χ1) is 8.84. The molecule has 1 saturated heterocycles. The van der Waals surface area contributed by atoms with Crippen LogP contribution in [0.3, 0.4) is 0 Å². The highest BCUT2D eigenvalue weighted by Gasteiger charge is 2.52. The number of hydrogen-bond acceptors (Lipinski definition) is 8. The zero-order valence-electron chi connectivity index (χ0n) is 10.1. The van der Waals surface area contributed by atoms with Crippen LogP contribution in [-0.4, -0.2) is 63.6 Å². The van der Waals surface area contributed by atoms with E-state index in [4.69, 9.17) is 14.6 Å². The normalized spacial score (nSPS) is 34.7. The van der Waals surface area contributed by atoms with Crippen molar-refractivity contribution in [3.8, 4) is 0 Å². The van der Waals surface area contributed by atoms with Crippen LogP contribution in [0.4, 0.5) is 0 Å². The summed E-state index contributed by atoms with van der Waals surface area (Å²) in [5, 5.41) is 31.2. The Balaban J connectivity index is 2.94. The first-order valence-electron chi connectivity index (χ1n) is 5.44. The molecule has 0 aromatic carbocycles. The SMILES string of the molecule is CC(=O)N[C@]1(O)[CH]O[C@H](CO)[C@@H](O)[C@@H]1OC(=O)CS. The molecule has 0 aromatic heterocycles. The zero-order chi connectivity index (χ0) is 14.6. The molecule has 1 amide bonds. The fourth-order valence-electron chi connectivity index (χ4n) is 1.67. The monoisotopic (exact) mass is 294 g/mol. The van der Waals surface area contributed by atoms with Gasteiger partial charge in [-0.1, -0.05) is 0 Å². The van der Waals surface area contributed by atoms with Gasteiger partial charge < -0.3 is 30.1 Å². The van der Waals surface area contributed by atoms with E-state index >= 15 is 0 Å². The molecule has 1 radical (unpaired) electrons. The van der Waals surface area contributed by atoms with Crippen molar-refractivity contribution < 1.29 is 34.4 Å². The average Bonchev–Trinajstić information content (AvgIpc) is 2.33. The molecule has 1 heterocycles. The zero-order valence-corrected chi connectivity index (χ0v) is 11.0. The number of ether oxygens (including phenoxy) is 2. The van der Waals surface area contributed by atoms with Crippen LogP contribution in [0, 0.1) is 6.61 Å². The van der Waals surface area contributed by atoms with Crippen molar-refractivity contribution in [1.82, 2.24) is 5.32 Å². The van der Waals surface area contributed by atoms with Crippen molar-refractivity contribution in [3.05, 3.63) is 6.61 Å². The fourth-order valence-corrected chi connectivity index (χ4v) is 1.74. The second-order valence-corrected chi connectivity index (χ2v) is 4.36. The third-order valence-electron chi connectivity index (χ3n) is 2.49. The minimum absolute atomic E-state index is 0.274. The highest BCUT2D eigenvalue weighted by atomic mass is 32.1. The molecule has 8 nitrogen and oxygen atoms in total. The standard InChI is InChI=1S/C10H16NO7S/c1-5(13)11-10(16)4-17-6(2-12)8(15)9(10)18-7(14)3-19/h4,6,8-9,12,15-16,19H,2-3H2,1H3,(H,11,13)/t6-,8-,9+,10+/m1/s1. The smallest absolute Gasteiger partial charge is 0.316 e. The molecule has 9 heteroatoms. The van der Waals surface area contributed by atoms with Gasteiger partial charge in [-0.15, -0.1) is 0 Å². The van der Waals surface area contributed by atoms with E-state index in [2.05, 4.69) is 17.9 Å². The Morgan fingerprint density at radius 1 is 1.58 bits per heavy atom. The summed E-state index contributed by atoms with van der Waals surface area (Å²) in [6.07, 6.45) is -4.11. The van der Waals surface area contributed by atoms with Crippen LogP contribution in [0.25, 0.3) is 0 Å². The lowest BCUT2D eigenvalue weighted by Crippen LogP contribution is -2.68. The lowest BCUT2D eigenvalue weighted by molar-refractivity contribution is -0.234. The van der Waals surface area contributed by atoms with Gasteiger partial charge in [0.15, 0.2) is 6.10 Å². The number of aliphatic hydroxyl groups excluding tert-OH is 2. The molecule has 19 heavy (non-hydrogen) atoms. The topological polar surface area (TPSA) is 125 Å². The van der Waals surface area contributed by atoms with E-state index in [1.54, 1.807) is 0 Å². The minimum atomic E-state index is -2.18. The third-order valence-corrected chi connectivity index (χ3v) is 2.75. The largest absolute Gasteiger partial charge is 0.454 e. The second-order valence-electron chi connectivity index (χ2n) is 4.04. The number of esters is 1. The van der Waals surface area contributed by atoms with Gasteiger partial charge in [-0.25, -0.2) is 0 Å². The maximum Gasteiger partial charge on any atom is 0.316 e. The molecule has 0 aromatic rings. The van der Waals surface area contributed by atoms with Crippen LogP contribution < -0.4 is 5.32 Å². The molecule has 0 spiro atoms. The van der Waals surface area contributed by atoms with E-state index < -0.39 is 42.5 Å². The molecular weight excluding hydrogens is 278 g/mol. The number of carbonyl (C=O) groups excluding carboxylic acids is 2. The van der Waals surface area contributed by atoms with Gasteiger partial charge in [0, 0.05) is 6.92 Å². The van der Waals surface area contributed by atoms with Gasteiger partial charge in [-0.05, 0) is 0 Å². The van der Waals surface area contributed by atoms with E-state index in [1.165, 1.54) is 0 Å². The summed E-state index contributed by atoms with van der Waals surface area (Å²) in [7, 11) is 0. The first kappa shape index (κ1) is 16.2.